The van der Waals surface area contributed by atoms with Crippen molar-refractivity contribution in [1.29, 1.82) is 5.26 Å². The van der Waals surface area contributed by atoms with E-state index in [0.29, 0.717) is 0 Å². The quantitative estimate of drug-likeness (QED) is 0.573. The molecule has 0 amide bonds. The third-order valence-electron chi connectivity index (χ3n) is 4.21. The summed E-state index contributed by atoms with van der Waals surface area (Å²) >= 11 is 12.2. The van der Waals surface area contributed by atoms with Crippen LogP contribution in [-0.2, 0) is 17.5 Å². The molecule has 0 saturated carbocycles. The summed E-state index contributed by atoms with van der Waals surface area (Å²) in [5.74, 6) is -2.45. The number of hydrogen-bond acceptors (Lipinski definition) is 4. The molecule has 3 aromatic rings. The number of nitrogens with zero attached hydrogens (tertiary/aromatic N) is 3. The van der Waals surface area contributed by atoms with Gasteiger partial charge in [0, 0.05) is 5.02 Å². The molecule has 0 spiro atoms. The number of fused-ring (bicyclic) bond motifs is 1. The van der Waals surface area contributed by atoms with Gasteiger partial charge < -0.3 is 14.4 Å². The minimum absolute atomic E-state index is 0.00940. The number of ether oxygens (including phenoxy) is 1. The Hall–Kier alpha value is -2.96. The predicted octanol–water partition coefficient (Wildman–Crippen LogP) is 5.13. The van der Waals surface area contributed by atoms with Crippen LogP contribution in [0.25, 0.3) is 11.0 Å². The van der Waals surface area contributed by atoms with Crippen LogP contribution in [0.5, 0.6) is 5.75 Å². The highest BCUT2D eigenvalue weighted by Crippen LogP contribution is 2.36. The topological polar surface area (TPSA) is 88.1 Å². The average molecular weight is 458 g/mol. The molecule has 0 saturated heterocycles. The molecule has 0 aliphatic carbocycles. The Labute approximate surface area is 178 Å². The number of aliphatic carboxylic acids is 1. The maximum Gasteiger partial charge on any atom is 0.449 e. The fourth-order valence-corrected chi connectivity index (χ4v) is 3.25. The largest absolute Gasteiger partial charge is 0.479 e. The lowest BCUT2D eigenvalue weighted by atomic mass is 10.2. The minimum Gasteiger partial charge on any atom is -0.479 e. The van der Waals surface area contributed by atoms with E-state index in [9.17, 15) is 18.0 Å². The van der Waals surface area contributed by atoms with Gasteiger partial charge in [0.2, 0.25) is 5.82 Å². The molecule has 6 nitrogen and oxygen atoms in total. The summed E-state index contributed by atoms with van der Waals surface area (Å²) in [7, 11) is 0. The number of alkyl halides is 3. The molecule has 156 valence electrons. The van der Waals surface area contributed by atoms with E-state index in [-0.39, 0.29) is 44.5 Å². The SMILES string of the molecule is C[C@H](Oc1cc(Cn2c(C(F)(F)F)nc3ccc(C#N)cc32)c(Cl)cc1Cl)C(=O)O. The van der Waals surface area contributed by atoms with Crippen molar-refractivity contribution in [2.75, 3.05) is 0 Å². The number of carboxylic acid groups (broad SMARTS) is 1. The van der Waals surface area contributed by atoms with Crippen LogP contribution >= 0.6 is 23.2 Å². The van der Waals surface area contributed by atoms with Gasteiger partial charge in [-0.25, -0.2) is 9.78 Å². The molecule has 11 heteroatoms. The van der Waals surface area contributed by atoms with Crippen molar-refractivity contribution in [3.63, 3.8) is 0 Å². The van der Waals surface area contributed by atoms with Gasteiger partial charge in [0.25, 0.3) is 0 Å². The van der Waals surface area contributed by atoms with Crippen LogP contribution in [0.15, 0.2) is 30.3 Å². The molecule has 0 unspecified atom stereocenters. The Bertz CT molecular complexity index is 1190. The van der Waals surface area contributed by atoms with E-state index < -0.39 is 24.1 Å². The van der Waals surface area contributed by atoms with Crippen molar-refractivity contribution in [2.45, 2.75) is 25.7 Å². The second-order valence-electron chi connectivity index (χ2n) is 6.31. The lowest BCUT2D eigenvalue weighted by Crippen LogP contribution is -2.23. The van der Waals surface area contributed by atoms with Gasteiger partial charge in [-0.2, -0.15) is 18.4 Å². The van der Waals surface area contributed by atoms with Gasteiger partial charge in [-0.15, -0.1) is 0 Å². The van der Waals surface area contributed by atoms with Gasteiger partial charge in [0.1, 0.15) is 5.75 Å². The zero-order valence-electron chi connectivity index (χ0n) is 15.2. The number of carbonyl (C=O) groups is 1. The molecule has 0 radical (unpaired) electrons. The summed E-state index contributed by atoms with van der Waals surface area (Å²) in [6.07, 6.45) is -6.00. The van der Waals surface area contributed by atoms with Crippen molar-refractivity contribution >= 4 is 40.2 Å². The van der Waals surface area contributed by atoms with Gasteiger partial charge in [-0.1, -0.05) is 23.2 Å². The van der Waals surface area contributed by atoms with E-state index >= 15 is 0 Å². The molecule has 1 aromatic heterocycles. The molecule has 2 aromatic carbocycles. The molecular weight excluding hydrogens is 446 g/mol. The highest BCUT2D eigenvalue weighted by atomic mass is 35.5. The summed E-state index contributed by atoms with van der Waals surface area (Å²) in [4.78, 5) is 14.7. The summed E-state index contributed by atoms with van der Waals surface area (Å²) in [5.41, 5.74) is 0.510. The zero-order valence-corrected chi connectivity index (χ0v) is 16.7. The van der Waals surface area contributed by atoms with Gasteiger partial charge in [0.05, 0.1) is 34.2 Å². The summed E-state index contributed by atoms with van der Waals surface area (Å²) in [6.45, 7) is 0.912. The van der Waals surface area contributed by atoms with Crippen molar-refractivity contribution in [2.24, 2.45) is 0 Å². The summed E-state index contributed by atoms with van der Waals surface area (Å²) < 4.78 is 46.9. The Morgan fingerprint density at radius 3 is 2.60 bits per heavy atom. The van der Waals surface area contributed by atoms with Gasteiger partial charge in [-0.05, 0) is 42.8 Å². The van der Waals surface area contributed by atoms with Crippen LogP contribution in [-0.4, -0.2) is 26.7 Å². The predicted molar refractivity (Wildman–Crippen MR) is 103 cm³/mol. The van der Waals surface area contributed by atoms with Gasteiger partial charge in [0.15, 0.2) is 6.10 Å². The molecule has 0 fully saturated rings. The molecule has 3 rings (SSSR count). The fourth-order valence-electron chi connectivity index (χ4n) is 2.76. The van der Waals surface area contributed by atoms with Gasteiger partial charge >= 0.3 is 12.1 Å². The highest BCUT2D eigenvalue weighted by Gasteiger charge is 2.37. The van der Waals surface area contributed by atoms with E-state index in [1.165, 1.54) is 37.3 Å². The van der Waals surface area contributed by atoms with Crippen molar-refractivity contribution in [3.05, 3.63) is 57.3 Å². The number of aromatic nitrogens is 2. The van der Waals surface area contributed by atoms with Crippen LogP contribution in [0, 0.1) is 11.3 Å². The molecular formula is C19H12Cl2F3N3O3. The minimum atomic E-state index is -4.76. The number of benzene rings is 2. The fraction of sp³-hybridized carbons (Fsp3) is 0.211. The Morgan fingerprint density at radius 1 is 1.30 bits per heavy atom. The zero-order chi connectivity index (χ0) is 22.2. The molecule has 0 bridgehead atoms. The van der Waals surface area contributed by atoms with Crippen molar-refractivity contribution in [3.8, 4) is 11.8 Å². The Kier molecular flexibility index (Phi) is 5.83. The van der Waals surface area contributed by atoms with E-state index in [1.807, 2.05) is 6.07 Å². The van der Waals surface area contributed by atoms with Crippen molar-refractivity contribution in [1.82, 2.24) is 9.55 Å². The molecule has 30 heavy (non-hydrogen) atoms. The van der Waals surface area contributed by atoms with Crippen LogP contribution in [0.2, 0.25) is 10.0 Å². The Morgan fingerprint density at radius 2 is 2.00 bits per heavy atom. The maximum atomic E-state index is 13.6. The number of rotatable bonds is 5. The van der Waals surface area contributed by atoms with Crippen molar-refractivity contribution < 1.29 is 27.8 Å². The van der Waals surface area contributed by atoms with Crippen LogP contribution in [0.1, 0.15) is 23.9 Å². The number of nitriles is 1. The average Bonchev–Trinajstić information content (AvgIpc) is 3.03. The number of imidazole rings is 1. The number of hydrogen-bond donors (Lipinski definition) is 1. The maximum absolute atomic E-state index is 13.6. The normalized spacial score (nSPS) is 12.6. The first-order valence-corrected chi connectivity index (χ1v) is 9.11. The molecule has 1 N–H and O–H groups in total. The third-order valence-corrected chi connectivity index (χ3v) is 4.86. The second-order valence-corrected chi connectivity index (χ2v) is 7.12. The highest BCUT2D eigenvalue weighted by molar-refractivity contribution is 6.36. The third kappa shape index (κ3) is 4.30. The first kappa shape index (κ1) is 21.7. The standard InChI is InChI=1S/C19H12Cl2F3N3O3/c1-9(17(28)29)30-16-5-11(12(20)6-13(16)21)8-27-15-4-10(7-25)2-3-14(15)26-18(27)19(22,23)24/h2-6,9H,8H2,1H3,(H,28,29)/t9-/m0/s1. The number of carboxylic acids is 1. The molecule has 1 heterocycles. The molecule has 0 aliphatic heterocycles. The molecule has 0 aliphatic rings. The van der Waals surface area contributed by atoms with E-state index in [0.717, 1.165) is 4.57 Å². The Balaban J connectivity index is 2.13. The smallest absolute Gasteiger partial charge is 0.449 e. The monoisotopic (exact) mass is 457 g/mol. The van der Waals surface area contributed by atoms with E-state index in [2.05, 4.69) is 4.98 Å². The first-order chi connectivity index (χ1) is 14.0. The van der Waals surface area contributed by atoms with Gasteiger partial charge in [-0.3, -0.25) is 0 Å². The van der Waals surface area contributed by atoms with E-state index in [1.54, 1.807) is 0 Å². The molecule has 1 atom stereocenters. The van der Waals surface area contributed by atoms with E-state index in [4.69, 9.17) is 38.3 Å². The lowest BCUT2D eigenvalue weighted by Gasteiger charge is -2.16. The van der Waals surface area contributed by atoms with Crippen LogP contribution in [0.3, 0.4) is 0 Å². The first-order valence-electron chi connectivity index (χ1n) is 8.36. The lowest BCUT2D eigenvalue weighted by molar-refractivity contribution is -0.147. The van der Waals surface area contributed by atoms with Crippen LogP contribution < -0.4 is 4.74 Å². The second kappa shape index (κ2) is 8.05. The summed E-state index contributed by atoms with van der Waals surface area (Å²) in [6, 6.07) is 8.41. The number of halogens is 5. The summed E-state index contributed by atoms with van der Waals surface area (Å²) in [5, 5.41) is 18.1. The van der Waals surface area contributed by atoms with Crippen LogP contribution in [0.4, 0.5) is 13.2 Å².